The number of fused-ring (bicyclic) bond motifs is 1. The molecule has 1 amide bonds. The Morgan fingerprint density at radius 2 is 1.90 bits per heavy atom. The molecule has 0 unspecified atom stereocenters. The van der Waals surface area contributed by atoms with E-state index in [1.54, 1.807) is 0 Å². The summed E-state index contributed by atoms with van der Waals surface area (Å²) in [7, 11) is 1.97. The summed E-state index contributed by atoms with van der Waals surface area (Å²) in [4.78, 5) is 15.7. The molecule has 3 rings (SSSR count). The number of carbonyl (C=O) groups excluding carboxylic acids is 1. The summed E-state index contributed by atoms with van der Waals surface area (Å²) in [6, 6.07) is 6.61. The third-order valence-electron chi connectivity index (χ3n) is 5.11. The van der Waals surface area contributed by atoms with Gasteiger partial charge in [-0.05, 0) is 58.6 Å². The van der Waals surface area contributed by atoms with E-state index in [9.17, 15) is 4.79 Å². The maximum absolute atomic E-state index is 11.1. The summed E-state index contributed by atoms with van der Waals surface area (Å²) in [5.74, 6) is 0.816. The van der Waals surface area contributed by atoms with Gasteiger partial charge in [-0.3, -0.25) is 9.36 Å². The van der Waals surface area contributed by atoms with E-state index < -0.39 is 0 Å². The Bertz CT molecular complexity index is 825. The zero-order valence-electron chi connectivity index (χ0n) is 18.1. The molecule has 1 heterocycles. The molecule has 2 aromatic rings. The van der Waals surface area contributed by atoms with Crippen LogP contribution in [0, 0.1) is 0 Å². The van der Waals surface area contributed by atoms with E-state index in [1.165, 1.54) is 6.92 Å². The predicted molar refractivity (Wildman–Crippen MR) is 112 cm³/mol. The Morgan fingerprint density at radius 3 is 2.55 bits per heavy atom. The lowest BCUT2D eigenvalue weighted by Gasteiger charge is -2.29. The SMILES string of the molecule is CC(=O)N[C@@H](C)CO[C@H]1CC[C@H](Oc2nc3ccc(OC(C)C)cc3n2C)CC1. The van der Waals surface area contributed by atoms with Gasteiger partial charge in [0.15, 0.2) is 0 Å². The summed E-state index contributed by atoms with van der Waals surface area (Å²) >= 11 is 0. The van der Waals surface area contributed by atoms with Crippen molar-refractivity contribution in [1.82, 2.24) is 14.9 Å². The minimum absolute atomic E-state index is 0.0245. The number of aromatic nitrogens is 2. The van der Waals surface area contributed by atoms with Crippen LogP contribution in [-0.2, 0) is 16.6 Å². The van der Waals surface area contributed by atoms with E-state index in [0.29, 0.717) is 12.6 Å². The number of nitrogens with one attached hydrogen (secondary N) is 1. The first-order chi connectivity index (χ1) is 13.8. The summed E-state index contributed by atoms with van der Waals surface area (Å²) in [5.41, 5.74) is 1.91. The zero-order valence-corrected chi connectivity index (χ0v) is 18.1. The first-order valence-corrected chi connectivity index (χ1v) is 10.5. The van der Waals surface area contributed by atoms with Gasteiger partial charge in [-0.1, -0.05) is 0 Å². The number of hydrogen-bond acceptors (Lipinski definition) is 5. The molecule has 7 heteroatoms. The second-order valence-electron chi connectivity index (χ2n) is 8.22. The van der Waals surface area contributed by atoms with Crippen molar-refractivity contribution in [3.8, 4) is 11.8 Å². The molecule has 1 atom stereocenters. The lowest BCUT2D eigenvalue weighted by atomic mass is 9.95. The fraction of sp³-hybridized carbons (Fsp3) is 0.636. The Morgan fingerprint density at radius 1 is 1.21 bits per heavy atom. The Balaban J connectivity index is 1.53. The molecular formula is C22H33N3O4. The molecule has 1 aromatic carbocycles. The summed E-state index contributed by atoms with van der Waals surface area (Å²) in [5, 5.41) is 2.85. The fourth-order valence-electron chi connectivity index (χ4n) is 3.73. The average molecular weight is 404 g/mol. The highest BCUT2D eigenvalue weighted by molar-refractivity contribution is 5.78. The molecule has 0 spiro atoms. The number of rotatable bonds is 8. The maximum Gasteiger partial charge on any atom is 0.297 e. The van der Waals surface area contributed by atoms with Crippen molar-refractivity contribution in [1.29, 1.82) is 0 Å². The van der Waals surface area contributed by atoms with Crippen LogP contribution in [0.4, 0.5) is 0 Å². The van der Waals surface area contributed by atoms with Crippen molar-refractivity contribution in [2.75, 3.05) is 6.61 Å². The van der Waals surface area contributed by atoms with Crippen LogP contribution in [-0.4, -0.2) is 46.4 Å². The van der Waals surface area contributed by atoms with Crippen LogP contribution in [0.15, 0.2) is 18.2 Å². The summed E-state index contributed by atoms with van der Waals surface area (Å²) < 4.78 is 19.9. The topological polar surface area (TPSA) is 74.6 Å². The van der Waals surface area contributed by atoms with E-state index in [0.717, 1.165) is 42.5 Å². The number of nitrogens with zero attached hydrogens (tertiary/aromatic N) is 2. The number of benzene rings is 1. The number of ether oxygens (including phenoxy) is 3. The molecule has 0 saturated heterocycles. The van der Waals surface area contributed by atoms with Crippen LogP contribution >= 0.6 is 0 Å². The highest BCUT2D eigenvalue weighted by atomic mass is 16.5. The van der Waals surface area contributed by atoms with Crippen molar-refractivity contribution in [3.63, 3.8) is 0 Å². The molecular weight excluding hydrogens is 370 g/mol. The van der Waals surface area contributed by atoms with Crippen molar-refractivity contribution in [3.05, 3.63) is 18.2 Å². The summed E-state index contributed by atoms with van der Waals surface area (Å²) in [6.07, 6.45) is 4.28. The molecule has 29 heavy (non-hydrogen) atoms. The predicted octanol–water partition coefficient (Wildman–Crippen LogP) is 3.59. The monoisotopic (exact) mass is 403 g/mol. The lowest BCUT2D eigenvalue weighted by Crippen LogP contribution is -2.37. The Kier molecular flexibility index (Phi) is 7.00. The van der Waals surface area contributed by atoms with Gasteiger partial charge in [0, 0.05) is 26.1 Å². The van der Waals surface area contributed by atoms with Crippen LogP contribution in [0.2, 0.25) is 0 Å². The van der Waals surface area contributed by atoms with Crippen LogP contribution < -0.4 is 14.8 Å². The van der Waals surface area contributed by atoms with Gasteiger partial charge in [0.1, 0.15) is 11.9 Å². The molecule has 0 aliphatic heterocycles. The van der Waals surface area contributed by atoms with Gasteiger partial charge in [-0.15, -0.1) is 0 Å². The highest BCUT2D eigenvalue weighted by Gasteiger charge is 2.25. The fourth-order valence-corrected chi connectivity index (χ4v) is 3.73. The van der Waals surface area contributed by atoms with Crippen LogP contribution in [0.3, 0.4) is 0 Å². The van der Waals surface area contributed by atoms with E-state index >= 15 is 0 Å². The molecule has 7 nitrogen and oxygen atoms in total. The quantitative estimate of drug-likeness (QED) is 0.729. The van der Waals surface area contributed by atoms with E-state index in [2.05, 4.69) is 10.3 Å². The third-order valence-corrected chi connectivity index (χ3v) is 5.11. The molecule has 1 fully saturated rings. The molecule has 0 radical (unpaired) electrons. The van der Waals surface area contributed by atoms with Gasteiger partial charge < -0.3 is 19.5 Å². The second kappa shape index (κ2) is 9.48. The molecule has 160 valence electrons. The highest BCUT2D eigenvalue weighted by Crippen LogP contribution is 2.29. The minimum atomic E-state index is -0.0245. The molecule has 1 aliphatic carbocycles. The zero-order chi connectivity index (χ0) is 21.0. The third kappa shape index (κ3) is 5.85. The average Bonchev–Trinajstić information content (AvgIpc) is 2.96. The van der Waals surface area contributed by atoms with Crippen molar-refractivity contribution < 1.29 is 19.0 Å². The van der Waals surface area contributed by atoms with Crippen molar-refractivity contribution in [2.45, 2.75) is 77.7 Å². The molecule has 1 aliphatic rings. The first-order valence-electron chi connectivity index (χ1n) is 10.5. The standard InChI is InChI=1S/C22H33N3O4/c1-14(2)28-19-10-11-20-21(12-19)25(5)22(24-20)29-18-8-6-17(7-9-18)27-13-15(3)23-16(4)26/h10-12,14-15,17-18H,6-9,13H2,1-5H3,(H,23,26)/t15-,17-,18-/m0/s1. The van der Waals surface area contributed by atoms with Crippen LogP contribution in [0.5, 0.6) is 11.8 Å². The van der Waals surface area contributed by atoms with Gasteiger partial charge in [-0.2, -0.15) is 4.98 Å². The van der Waals surface area contributed by atoms with Gasteiger partial charge >= 0.3 is 0 Å². The van der Waals surface area contributed by atoms with Gasteiger partial charge in [0.25, 0.3) is 6.01 Å². The van der Waals surface area contributed by atoms with Crippen LogP contribution in [0.1, 0.15) is 53.4 Å². The number of amides is 1. The largest absolute Gasteiger partial charge is 0.491 e. The minimum Gasteiger partial charge on any atom is -0.491 e. The van der Waals surface area contributed by atoms with Gasteiger partial charge in [0.05, 0.1) is 29.8 Å². The number of aryl methyl sites for hydroxylation is 1. The smallest absolute Gasteiger partial charge is 0.297 e. The van der Waals surface area contributed by atoms with Gasteiger partial charge in [-0.25, -0.2) is 0 Å². The van der Waals surface area contributed by atoms with E-state index in [-0.39, 0.29) is 30.3 Å². The van der Waals surface area contributed by atoms with Crippen molar-refractivity contribution in [2.24, 2.45) is 7.05 Å². The normalized spacial score (nSPS) is 20.6. The summed E-state index contributed by atoms with van der Waals surface area (Å²) in [6.45, 7) is 8.06. The second-order valence-corrected chi connectivity index (χ2v) is 8.22. The molecule has 1 N–H and O–H groups in total. The Hall–Kier alpha value is -2.28. The molecule has 0 bridgehead atoms. The lowest BCUT2D eigenvalue weighted by molar-refractivity contribution is -0.120. The first kappa shape index (κ1) is 21.4. The number of imidazole rings is 1. The Labute approximate surface area is 172 Å². The van der Waals surface area contributed by atoms with Gasteiger partial charge in [0.2, 0.25) is 5.91 Å². The van der Waals surface area contributed by atoms with E-state index in [1.807, 2.05) is 50.6 Å². The number of hydrogen-bond donors (Lipinski definition) is 1. The molecule has 1 saturated carbocycles. The molecule has 1 aromatic heterocycles. The maximum atomic E-state index is 11.1. The van der Waals surface area contributed by atoms with Crippen molar-refractivity contribution >= 4 is 16.9 Å². The number of carbonyl (C=O) groups is 1. The van der Waals surface area contributed by atoms with Crippen LogP contribution in [0.25, 0.3) is 11.0 Å². The van der Waals surface area contributed by atoms with E-state index in [4.69, 9.17) is 14.2 Å².